The molecule has 0 aliphatic rings. The minimum atomic E-state index is -0.844. The first-order valence-electron chi connectivity index (χ1n) is 10.7. The molecule has 2 amide bonds. The van der Waals surface area contributed by atoms with Crippen molar-refractivity contribution < 1.29 is 22.8 Å². The molecule has 5 nitrogen and oxygen atoms in total. The van der Waals surface area contributed by atoms with Crippen LogP contribution in [-0.4, -0.2) is 29.8 Å². The summed E-state index contributed by atoms with van der Waals surface area (Å²) in [6.07, 6.45) is 0. The maximum atomic E-state index is 13.7. The van der Waals surface area contributed by atoms with Crippen molar-refractivity contribution >= 4 is 17.5 Å². The second-order valence-corrected chi connectivity index (χ2v) is 8.85. The van der Waals surface area contributed by atoms with E-state index in [-0.39, 0.29) is 29.0 Å². The van der Waals surface area contributed by atoms with Crippen molar-refractivity contribution in [2.75, 3.05) is 18.4 Å². The number of anilines is 1. The van der Waals surface area contributed by atoms with Crippen LogP contribution < -0.4 is 11.1 Å². The Bertz CT molecular complexity index is 1160. The fourth-order valence-electron chi connectivity index (χ4n) is 3.39. The van der Waals surface area contributed by atoms with Gasteiger partial charge in [-0.15, -0.1) is 0 Å². The molecule has 3 N–H and O–H groups in total. The van der Waals surface area contributed by atoms with Crippen molar-refractivity contribution in [2.24, 2.45) is 11.1 Å². The van der Waals surface area contributed by atoms with Crippen LogP contribution in [0, 0.1) is 22.9 Å². The van der Waals surface area contributed by atoms with E-state index >= 15 is 0 Å². The molecule has 0 atom stereocenters. The maximum absolute atomic E-state index is 13.7. The standard InChI is InChI=1S/C26H26F3N3O2/c1-26(2,15-30)16-32(25(34)18-4-3-5-20(27)10-18)14-17-6-8-23(9-7-17)31-24(33)19-11-21(28)13-22(29)12-19/h3-13H,14-16,30H2,1-2H3,(H,31,33). The number of nitrogens with one attached hydrogen (secondary N) is 1. The predicted octanol–water partition coefficient (Wildman–Crippen LogP) is 4.98. The number of benzene rings is 3. The van der Waals surface area contributed by atoms with Crippen LogP contribution in [0.2, 0.25) is 0 Å². The fraction of sp³-hybridized carbons (Fsp3) is 0.231. The van der Waals surface area contributed by atoms with Gasteiger partial charge >= 0.3 is 0 Å². The third-order valence-electron chi connectivity index (χ3n) is 5.24. The Hall–Kier alpha value is -3.65. The van der Waals surface area contributed by atoms with Gasteiger partial charge < -0.3 is 16.0 Å². The first-order chi connectivity index (χ1) is 16.1. The zero-order valence-electron chi connectivity index (χ0n) is 18.9. The van der Waals surface area contributed by atoms with Crippen LogP contribution in [0.5, 0.6) is 0 Å². The number of halogens is 3. The van der Waals surface area contributed by atoms with Crippen LogP contribution in [0.15, 0.2) is 66.7 Å². The Morgan fingerprint density at radius 3 is 2.09 bits per heavy atom. The van der Waals surface area contributed by atoms with Crippen LogP contribution in [0.25, 0.3) is 0 Å². The summed E-state index contributed by atoms with van der Waals surface area (Å²) in [6.45, 7) is 4.82. The summed E-state index contributed by atoms with van der Waals surface area (Å²) in [4.78, 5) is 27.0. The lowest BCUT2D eigenvalue weighted by Crippen LogP contribution is -2.41. The number of nitrogens with zero attached hydrogens (tertiary/aromatic N) is 1. The molecule has 3 aromatic carbocycles. The molecule has 0 saturated carbocycles. The molecule has 0 aliphatic heterocycles. The summed E-state index contributed by atoms with van der Waals surface area (Å²) in [7, 11) is 0. The highest BCUT2D eigenvalue weighted by Crippen LogP contribution is 2.21. The Labute approximate surface area is 196 Å². The lowest BCUT2D eigenvalue weighted by molar-refractivity contribution is 0.0672. The van der Waals surface area contributed by atoms with Crippen LogP contribution in [0.4, 0.5) is 18.9 Å². The van der Waals surface area contributed by atoms with Gasteiger partial charge in [0.15, 0.2) is 0 Å². The molecule has 0 spiro atoms. The van der Waals surface area contributed by atoms with Crippen LogP contribution in [0.1, 0.15) is 40.1 Å². The average molecular weight is 470 g/mol. The minimum absolute atomic E-state index is 0.141. The maximum Gasteiger partial charge on any atom is 0.255 e. The summed E-state index contributed by atoms with van der Waals surface area (Å²) in [6, 6.07) is 14.8. The molecule has 178 valence electrons. The van der Waals surface area contributed by atoms with E-state index in [4.69, 9.17) is 5.73 Å². The average Bonchev–Trinajstić information content (AvgIpc) is 2.78. The van der Waals surface area contributed by atoms with Gasteiger partial charge in [0, 0.05) is 36.0 Å². The number of nitrogens with two attached hydrogens (primary N) is 1. The van der Waals surface area contributed by atoms with E-state index in [0.717, 1.165) is 17.7 Å². The van der Waals surface area contributed by atoms with Crippen molar-refractivity contribution in [3.63, 3.8) is 0 Å². The van der Waals surface area contributed by atoms with E-state index in [9.17, 15) is 22.8 Å². The van der Waals surface area contributed by atoms with Gasteiger partial charge in [-0.05, 0) is 60.0 Å². The quantitative estimate of drug-likeness (QED) is 0.488. The highest BCUT2D eigenvalue weighted by molar-refractivity contribution is 6.04. The Morgan fingerprint density at radius 2 is 1.50 bits per heavy atom. The zero-order chi connectivity index (χ0) is 24.9. The smallest absolute Gasteiger partial charge is 0.255 e. The summed E-state index contributed by atoms with van der Waals surface area (Å²) in [5, 5.41) is 2.58. The van der Waals surface area contributed by atoms with Gasteiger partial charge in [0.05, 0.1) is 0 Å². The van der Waals surface area contributed by atoms with Gasteiger partial charge in [-0.25, -0.2) is 13.2 Å². The fourth-order valence-corrected chi connectivity index (χ4v) is 3.39. The molecule has 0 unspecified atom stereocenters. The van der Waals surface area contributed by atoms with Gasteiger partial charge in [0.2, 0.25) is 0 Å². The van der Waals surface area contributed by atoms with Crippen molar-refractivity contribution in [3.05, 3.63) is 101 Å². The molecule has 0 bridgehead atoms. The van der Waals surface area contributed by atoms with Crippen molar-refractivity contribution in [1.82, 2.24) is 4.90 Å². The molecule has 3 aromatic rings. The van der Waals surface area contributed by atoms with E-state index in [1.807, 2.05) is 13.8 Å². The third kappa shape index (κ3) is 6.68. The molecule has 34 heavy (non-hydrogen) atoms. The molecule has 0 saturated heterocycles. The molecule has 0 heterocycles. The van der Waals surface area contributed by atoms with Crippen LogP contribution in [0.3, 0.4) is 0 Å². The van der Waals surface area contributed by atoms with Crippen molar-refractivity contribution in [3.8, 4) is 0 Å². The number of hydrogen-bond acceptors (Lipinski definition) is 3. The summed E-state index contributed by atoms with van der Waals surface area (Å²) in [5.74, 6) is -3.17. The summed E-state index contributed by atoms with van der Waals surface area (Å²) >= 11 is 0. The van der Waals surface area contributed by atoms with Crippen molar-refractivity contribution in [2.45, 2.75) is 20.4 Å². The Kier molecular flexibility index (Phi) is 7.73. The Balaban J connectivity index is 1.76. The van der Waals surface area contributed by atoms with Crippen LogP contribution in [-0.2, 0) is 6.54 Å². The Morgan fingerprint density at radius 1 is 0.882 bits per heavy atom. The first kappa shape index (κ1) is 25.0. The number of hydrogen-bond donors (Lipinski definition) is 2. The predicted molar refractivity (Wildman–Crippen MR) is 125 cm³/mol. The highest BCUT2D eigenvalue weighted by Gasteiger charge is 2.25. The van der Waals surface area contributed by atoms with Crippen molar-refractivity contribution in [1.29, 1.82) is 0 Å². The molecule has 0 radical (unpaired) electrons. The minimum Gasteiger partial charge on any atom is -0.334 e. The van der Waals surface area contributed by atoms with E-state index in [1.165, 1.54) is 18.2 Å². The number of amides is 2. The van der Waals surface area contributed by atoms with Gasteiger partial charge in [0.25, 0.3) is 11.8 Å². The van der Waals surface area contributed by atoms with E-state index < -0.39 is 23.4 Å². The molecule has 0 aromatic heterocycles. The topological polar surface area (TPSA) is 75.4 Å². The monoisotopic (exact) mass is 469 g/mol. The van der Waals surface area contributed by atoms with Gasteiger partial charge in [-0.3, -0.25) is 9.59 Å². The lowest BCUT2D eigenvalue weighted by atomic mass is 9.92. The molecule has 3 rings (SSSR count). The van der Waals surface area contributed by atoms with E-state index in [1.54, 1.807) is 35.2 Å². The second kappa shape index (κ2) is 10.5. The second-order valence-electron chi connectivity index (χ2n) is 8.85. The van der Waals surface area contributed by atoms with Crippen LogP contribution >= 0.6 is 0 Å². The lowest BCUT2D eigenvalue weighted by Gasteiger charge is -2.32. The normalized spacial score (nSPS) is 11.2. The number of rotatable bonds is 8. The molecule has 0 fully saturated rings. The summed E-state index contributed by atoms with van der Waals surface area (Å²) < 4.78 is 40.4. The molecule has 8 heteroatoms. The third-order valence-corrected chi connectivity index (χ3v) is 5.24. The van der Waals surface area contributed by atoms with Gasteiger partial charge in [-0.1, -0.05) is 32.0 Å². The van der Waals surface area contributed by atoms with Gasteiger partial charge in [-0.2, -0.15) is 0 Å². The number of carbonyl (C=O) groups is 2. The first-order valence-corrected chi connectivity index (χ1v) is 10.7. The SMILES string of the molecule is CC(C)(CN)CN(Cc1ccc(NC(=O)c2cc(F)cc(F)c2)cc1)C(=O)c1cccc(F)c1. The number of carbonyl (C=O) groups excluding carboxylic acids is 2. The van der Waals surface area contributed by atoms with E-state index in [0.29, 0.717) is 24.8 Å². The zero-order valence-corrected chi connectivity index (χ0v) is 18.9. The molecular weight excluding hydrogens is 443 g/mol. The molecular formula is C26H26F3N3O2. The van der Waals surface area contributed by atoms with Gasteiger partial charge in [0.1, 0.15) is 17.5 Å². The highest BCUT2D eigenvalue weighted by atomic mass is 19.1. The summed E-state index contributed by atoms with van der Waals surface area (Å²) in [5.41, 5.74) is 6.78. The van der Waals surface area contributed by atoms with E-state index in [2.05, 4.69) is 5.32 Å². The largest absolute Gasteiger partial charge is 0.334 e. The molecule has 0 aliphatic carbocycles.